The Morgan fingerprint density at radius 2 is 2.07 bits per heavy atom. The molecule has 0 spiro atoms. The van der Waals surface area contributed by atoms with Gasteiger partial charge < -0.3 is 0 Å². The van der Waals surface area contributed by atoms with Crippen LogP contribution < -0.4 is 0 Å². The van der Waals surface area contributed by atoms with E-state index in [9.17, 15) is 8.78 Å². The molecule has 0 amide bonds. The van der Waals surface area contributed by atoms with Gasteiger partial charge in [0.25, 0.3) is 5.76 Å². The molecule has 0 aliphatic carbocycles. The molecule has 0 aliphatic rings. The van der Waals surface area contributed by atoms with Crippen LogP contribution in [0.25, 0.3) is 9.88 Å². The Labute approximate surface area is 105 Å². The summed E-state index contributed by atoms with van der Waals surface area (Å²) in [6.07, 6.45) is 0. The summed E-state index contributed by atoms with van der Waals surface area (Å²) in [6, 6.07) is 3.77. The van der Waals surface area contributed by atoms with Crippen LogP contribution in [0, 0.1) is 0 Å². The van der Waals surface area contributed by atoms with Gasteiger partial charge in [-0.1, -0.05) is 11.3 Å². The van der Waals surface area contributed by atoms with Crippen LogP contribution in [0.5, 0.6) is 0 Å². The summed E-state index contributed by atoms with van der Waals surface area (Å²) in [6.45, 7) is 0. The van der Waals surface area contributed by atoms with E-state index < -0.39 is 5.76 Å². The van der Waals surface area contributed by atoms with E-state index in [1.807, 2.05) is 12.1 Å². The molecule has 2 aromatic heterocycles. The van der Waals surface area contributed by atoms with Crippen LogP contribution in [0.3, 0.4) is 0 Å². The highest BCUT2D eigenvalue weighted by Crippen LogP contribution is 2.36. The van der Waals surface area contributed by atoms with Gasteiger partial charge in [-0.15, -0.1) is 21.5 Å². The molecule has 80 valence electrons. The normalized spacial score (nSPS) is 11.2. The van der Waals surface area contributed by atoms with Gasteiger partial charge in [-0.05, 0) is 39.8 Å². The van der Waals surface area contributed by atoms with Crippen molar-refractivity contribution in [2.75, 3.05) is 0 Å². The fraction of sp³-hybridized carbons (Fsp3) is 0.143. The van der Waals surface area contributed by atoms with E-state index in [2.05, 4.69) is 26.1 Å². The zero-order valence-corrected chi connectivity index (χ0v) is 11.0. The number of hydrogen-bond acceptors (Lipinski definition) is 5. The Morgan fingerprint density at radius 1 is 1.27 bits per heavy atom. The number of rotatable bonds is 3. The smallest absolute Gasteiger partial charge is 0.197 e. The van der Waals surface area contributed by atoms with Crippen molar-refractivity contribution >= 4 is 50.4 Å². The third kappa shape index (κ3) is 2.96. The molecule has 0 radical (unpaired) electrons. The number of nitrogens with zero attached hydrogens (tertiary/aromatic N) is 2. The molecular formula is C7H3BrF2N2S3. The van der Waals surface area contributed by atoms with Crippen molar-refractivity contribution in [2.24, 2.45) is 0 Å². The zero-order chi connectivity index (χ0) is 10.8. The number of halogens is 3. The highest BCUT2D eigenvalue weighted by molar-refractivity contribution is 9.11. The first-order valence-corrected chi connectivity index (χ1v) is 7.00. The van der Waals surface area contributed by atoms with E-state index >= 15 is 0 Å². The van der Waals surface area contributed by atoms with E-state index in [0.717, 1.165) is 8.66 Å². The Morgan fingerprint density at radius 3 is 2.67 bits per heavy atom. The zero-order valence-electron chi connectivity index (χ0n) is 6.99. The van der Waals surface area contributed by atoms with E-state index in [1.165, 1.54) is 22.7 Å². The van der Waals surface area contributed by atoms with E-state index in [-0.39, 0.29) is 0 Å². The maximum atomic E-state index is 12.0. The fourth-order valence-corrected chi connectivity index (χ4v) is 3.76. The Kier molecular flexibility index (Phi) is 3.70. The molecular weight excluding hydrogens is 326 g/mol. The third-order valence-electron chi connectivity index (χ3n) is 1.38. The summed E-state index contributed by atoms with van der Waals surface area (Å²) in [4.78, 5) is 0.931. The van der Waals surface area contributed by atoms with Crippen LogP contribution in [0.2, 0.25) is 0 Å². The summed E-state index contributed by atoms with van der Waals surface area (Å²) in [5.41, 5.74) is 0. The van der Waals surface area contributed by atoms with Gasteiger partial charge in [-0.25, -0.2) is 0 Å². The molecule has 0 saturated heterocycles. The summed E-state index contributed by atoms with van der Waals surface area (Å²) >= 11 is 6.43. The number of thiophene rings is 1. The van der Waals surface area contributed by atoms with E-state index in [0.29, 0.717) is 21.1 Å². The molecule has 2 aromatic rings. The second-order valence-electron chi connectivity index (χ2n) is 2.36. The molecule has 2 rings (SSSR count). The van der Waals surface area contributed by atoms with Gasteiger partial charge >= 0.3 is 0 Å². The molecule has 0 saturated carbocycles. The van der Waals surface area contributed by atoms with Crippen LogP contribution in [0.4, 0.5) is 8.78 Å². The highest BCUT2D eigenvalue weighted by atomic mass is 79.9. The lowest BCUT2D eigenvalue weighted by atomic mass is 10.5. The standard InChI is InChI=1S/C7H3BrF2N2S3/c8-4-2-1-3(13-4)5-11-12-7(14-5)15-6(9)10/h1-2,6H. The molecule has 2 nitrogen and oxygen atoms in total. The largest absolute Gasteiger partial charge is 0.291 e. The number of alkyl halides is 2. The maximum Gasteiger partial charge on any atom is 0.291 e. The first-order chi connectivity index (χ1) is 7.15. The quantitative estimate of drug-likeness (QED) is 0.783. The lowest BCUT2D eigenvalue weighted by Gasteiger charge is -1.89. The monoisotopic (exact) mass is 328 g/mol. The summed E-state index contributed by atoms with van der Waals surface area (Å²) in [5.74, 6) is -2.44. The average Bonchev–Trinajstić information content (AvgIpc) is 2.72. The first kappa shape index (κ1) is 11.4. The summed E-state index contributed by atoms with van der Waals surface area (Å²) in [7, 11) is 0. The van der Waals surface area contributed by atoms with E-state index in [1.54, 1.807) is 0 Å². The second kappa shape index (κ2) is 4.86. The number of hydrogen-bond donors (Lipinski definition) is 0. The number of aromatic nitrogens is 2. The van der Waals surface area contributed by atoms with Crippen molar-refractivity contribution in [2.45, 2.75) is 10.1 Å². The van der Waals surface area contributed by atoms with Gasteiger partial charge in [-0.2, -0.15) is 8.78 Å². The average molecular weight is 329 g/mol. The minimum Gasteiger partial charge on any atom is -0.197 e. The van der Waals surface area contributed by atoms with Crippen LogP contribution in [-0.2, 0) is 0 Å². The molecule has 0 fully saturated rings. The molecule has 0 bridgehead atoms. The fourth-order valence-electron chi connectivity index (χ4n) is 0.862. The molecule has 0 N–H and O–H groups in total. The van der Waals surface area contributed by atoms with Crippen molar-refractivity contribution in [3.05, 3.63) is 15.9 Å². The van der Waals surface area contributed by atoms with E-state index in [4.69, 9.17) is 0 Å². The van der Waals surface area contributed by atoms with Crippen molar-refractivity contribution in [1.29, 1.82) is 0 Å². The van der Waals surface area contributed by atoms with Crippen molar-refractivity contribution in [1.82, 2.24) is 10.2 Å². The Bertz CT molecular complexity index is 457. The first-order valence-electron chi connectivity index (χ1n) is 3.69. The molecule has 0 aromatic carbocycles. The van der Waals surface area contributed by atoms with Crippen molar-refractivity contribution in [3.63, 3.8) is 0 Å². The van der Waals surface area contributed by atoms with Crippen LogP contribution in [0.1, 0.15) is 0 Å². The maximum absolute atomic E-state index is 12.0. The second-order valence-corrected chi connectivity index (χ2v) is 7.03. The minimum absolute atomic E-state index is 0.296. The third-order valence-corrected chi connectivity index (χ3v) is 4.89. The van der Waals surface area contributed by atoms with Gasteiger partial charge in [0.15, 0.2) is 9.35 Å². The van der Waals surface area contributed by atoms with Crippen LogP contribution in [-0.4, -0.2) is 16.0 Å². The summed E-state index contributed by atoms with van der Waals surface area (Å²) < 4.78 is 25.3. The van der Waals surface area contributed by atoms with Crippen LogP contribution in [0.15, 0.2) is 20.3 Å². The van der Waals surface area contributed by atoms with Gasteiger partial charge in [0, 0.05) is 0 Å². The molecule has 2 heterocycles. The van der Waals surface area contributed by atoms with Gasteiger partial charge in [-0.3, -0.25) is 0 Å². The van der Waals surface area contributed by atoms with Gasteiger partial charge in [0.2, 0.25) is 0 Å². The van der Waals surface area contributed by atoms with Crippen molar-refractivity contribution in [3.8, 4) is 9.88 Å². The van der Waals surface area contributed by atoms with Crippen LogP contribution >= 0.6 is 50.4 Å². The van der Waals surface area contributed by atoms with Crippen molar-refractivity contribution < 1.29 is 8.78 Å². The summed E-state index contributed by atoms with van der Waals surface area (Å²) in [5, 5.41) is 8.22. The lowest BCUT2D eigenvalue weighted by Crippen LogP contribution is -1.79. The molecule has 15 heavy (non-hydrogen) atoms. The highest BCUT2D eigenvalue weighted by Gasteiger charge is 2.13. The molecule has 0 unspecified atom stereocenters. The molecule has 8 heteroatoms. The Balaban J connectivity index is 2.20. The van der Waals surface area contributed by atoms with Gasteiger partial charge in [0.05, 0.1) is 8.66 Å². The predicted molar refractivity (Wildman–Crippen MR) is 62.8 cm³/mol. The minimum atomic E-state index is -2.44. The topological polar surface area (TPSA) is 25.8 Å². The molecule has 0 aliphatic heterocycles. The number of thioether (sulfide) groups is 1. The Hall–Kier alpha value is -0.0500. The van der Waals surface area contributed by atoms with Gasteiger partial charge in [0.1, 0.15) is 0 Å². The molecule has 0 atom stereocenters. The lowest BCUT2D eigenvalue weighted by molar-refractivity contribution is 0.252. The SMILES string of the molecule is FC(F)Sc1nnc(-c2ccc(Br)s2)s1. The predicted octanol–water partition coefficient (Wildman–Crippen LogP) is 4.34.